The van der Waals surface area contributed by atoms with Gasteiger partial charge >= 0.3 is 0 Å². The predicted molar refractivity (Wildman–Crippen MR) is 117 cm³/mol. The Morgan fingerprint density at radius 1 is 1.16 bits per heavy atom. The van der Waals surface area contributed by atoms with Gasteiger partial charge in [-0.05, 0) is 49.3 Å². The Morgan fingerprint density at radius 2 is 1.87 bits per heavy atom. The standard InChI is InChI=1S/C22H28N4O4S/c1-4-17-21(22-23-19(27)7-8-20(28)26(22)24-17)16-6-5-15(3)18(13-16)31(29,30)25-11-9-14(2)10-12-25/h5-6,13-14H,4,7-12H2,1-3H3,(H,23,27). The molecule has 0 radical (unpaired) electrons. The Balaban J connectivity index is 1.83. The summed E-state index contributed by atoms with van der Waals surface area (Å²) in [4.78, 5) is 24.9. The van der Waals surface area contributed by atoms with Crippen LogP contribution in [0.5, 0.6) is 0 Å². The van der Waals surface area contributed by atoms with Crippen molar-refractivity contribution in [2.75, 3.05) is 18.4 Å². The molecule has 2 aliphatic heterocycles. The second-order valence-electron chi connectivity index (χ2n) is 8.44. The number of amides is 1. The van der Waals surface area contributed by atoms with Gasteiger partial charge in [0, 0.05) is 31.5 Å². The molecule has 166 valence electrons. The molecular formula is C22H28N4O4S. The van der Waals surface area contributed by atoms with E-state index in [1.807, 2.05) is 13.0 Å². The summed E-state index contributed by atoms with van der Waals surface area (Å²) in [6, 6.07) is 5.25. The van der Waals surface area contributed by atoms with Crippen molar-refractivity contribution < 1.29 is 18.0 Å². The lowest BCUT2D eigenvalue weighted by Gasteiger charge is -2.30. The number of carbonyl (C=O) groups excluding carboxylic acids is 2. The van der Waals surface area contributed by atoms with Gasteiger partial charge in [-0.3, -0.25) is 9.59 Å². The second kappa shape index (κ2) is 8.20. The van der Waals surface area contributed by atoms with Gasteiger partial charge in [0.05, 0.1) is 10.6 Å². The van der Waals surface area contributed by atoms with Crippen molar-refractivity contribution in [1.82, 2.24) is 14.1 Å². The number of aryl methyl sites for hydroxylation is 2. The largest absolute Gasteiger partial charge is 0.310 e. The lowest BCUT2D eigenvalue weighted by atomic mass is 10.0. The molecule has 2 aliphatic rings. The zero-order chi connectivity index (χ0) is 22.3. The highest BCUT2D eigenvalue weighted by molar-refractivity contribution is 7.89. The molecule has 1 aromatic heterocycles. The summed E-state index contributed by atoms with van der Waals surface area (Å²) in [5.74, 6) is 0.341. The molecule has 1 amide bonds. The Bertz CT molecular complexity index is 1140. The number of nitrogens with zero attached hydrogens (tertiary/aromatic N) is 3. The van der Waals surface area contributed by atoms with Crippen LogP contribution < -0.4 is 5.32 Å². The highest BCUT2D eigenvalue weighted by Gasteiger charge is 2.31. The topological polar surface area (TPSA) is 101 Å². The maximum absolute atomic E-state index is 13.4. The molecular weight excluding hydrogens is 416 g/mol. The summed E-state index contributed by atoms with van der Waals surface area (Å²) in [7, 11) is -3.65. The number of benzene rings is 1. The highest BCUT2D eigenvalue weighted by atomic mass is 32.2. The van der Waals surface area contributed by atoms with Crippen LogP contribution in [0.1, 0.15) is 55.6 Å². The van der Waals surface area contributed by atoms with Crippen LogP contribution in [0.4, 0.5) is 5.82 Å². The first kappa shape index (κ1) is 21.7. The third-order valence-corrected chi connectivity index (χ3v) is 8.23. The van der Waals surface area contributed by atoms with Gasteiger partial charge in [-0.2, -0.15) is 14.1 Å². The Hall–Kier alpha value is -2.52. The van der Waals surface area contributed by atoms with Gasteiger partial charge in [-0.25, -0.2) is 8.42 Å². The molecule has 9 heteroatoms. The van der Waals surface area contributed by atoms with Gasteiger partial charge in [0.15, 0.2) is 0 Å². The zero-order valence-electron chi connectivity index (χ0n) is 18.1. The molecule has 3 heterocycles. The smallest absolute Gasteiger partial charge is 0.249 e. The minimum absolute atomic E-state index is 0.0873. The molecule has 1 fully saturated rings. The number of anilines is 1. The number of aromatic nitrogens is 2. The van der Waals surface area contributed by atoms with E-state index in [1.54, 1.807) is 23.4 Å². The van der Waals surface area contributed by atoms with Gasteiger partial charge in [0.25, 0.3) is 0 Å². The van der Waals surface area contributed by atoms with Crippen molar-refractivity contribution in [2.24, 2.45) is 5.92 Å². The Morgan fingerprint density at radius 3 is 2.55 bits per heavy atom. The van der Waals surface area contributed by atoms with Crippen molar-refractivity contribution in [3.05, 3.63) is 29.5 Å². The van der Waals surface area contributed by atoms with Crippen molar-refractivity contribution in [2.45, 2.75) is 57.8 Å². The first-order valence-electron chi connectivity index (χ1n) is 10.8. The minimum Gasteiger partial charge on any atom is -0.310 e. The van der Waals surface area contributed by atoms with E-state index >= 15 is 0 Å². The summed E-state index contributed by atoms with van der Waals surface area (Å²) in [5, 5.41) is 7.22. The number of hydrogen-bond donors (Lipinski definition) is 1. The molecule has 4 rings (SSSR count). The van der Waals surface area contributed by atoms with Crippen LogP contribution >= 0.6 is 0 Å². The van der Waals surface area contributed by atoms with Gasteiger partial charge in [0.1, 0.15) is 5.82 Å². The monoisotopic (exact) mass is 444 g/mol. The van der Waals surface area contributed by atoms with E-state index in [0.717, 1.165) is 12.8 Å². The van der Waals surface area contributed by atoms with Gasteiger partial charge in [-0.1, -0.05) is 26.0 Å². The molecule has 0 aliphatic carbocycles. The predicted octanol–water partition coefficient (Wildman–Crippen LogP) is 3.21. The fraction of sp³-hybridized carbons (Fsp3) is 0.500. The number of fused-ring (bicyclic) bond motifs is 1. The maximum atomic E-state index is 13.4. The van der Waals surface area contributed by atoms with Gasteiger partial charge < -0.3 is 5.32 Å². The summed E-state index contributed by atoms with van der Waals surface area (Å²) in [5.41, 5.74) is 2.54. The van der Waals surface area contributed by atoms with Gasteiger partial charge in [0.2, 0.25) is 21.8 Å². The molecule has 0 atom stereocenters. The zero-order valence-corrected chi connectivity index (χ0v) is 19.0. The van der Waals surface area contributed by atoms with Crippen molar-refractivity contribution in [1.29, 1.82) is 0 Å². The molecule has 1 saturated heterocycles. The second-order valence-corrected chi connectivity index (χ2v) is 10.4. The first-order chi connectivity index (χ1) is 14.7. The molecule has 31 heavy (non-hydrogen) atoms. The van der Waals surface area contributed by atoms with Gasteiger partial charge in [-0.15, -0.1) is 0 Å². The fourth-order valence-electron chi connectivity index (χ4n) is 4.23. The van der Waals surface area contributed by atoms with Crippen LogP contribution in [-0.2, 0) is 21.2 Å². The third-order valence-electron chi connectivity index (χ3n) is 6.19. The van der Waals surface area contributed by atoms with Crippen LogP contribution in [0.15, 0.2) is 23.1 Å². The van der Waals surface area contributed by atoms with E-state index in [2.05, 4.69) is 17.3 Å². The normalized spacial score (nSPS) is 18.5. The molecule has 0 unspecified atom stereocenters. The lowest BCUT2D eigenvalue weighted by Crippen LogP contribution is -2.38. The number of sulfonamides is 1. The summed E-state index contributed by atoms with van der Waals surface area (Å²) >= 11 is 0. The molecule has 0 bridgehead atoms. The molecule has 2 aromatic rings. The third kappa shape index (κ3) is 3.92. The van der Waals surface area contributed by atoms with E-state index < -0.39 is 10.0 Å². The molecule has 1 N–H and O–H groups in total. The van der Waals surface area contributed by atoms with E-state index in [1.165, 1.54) is 4.68 Å². The van der Waals surface area contributed by atoms with Crippen LogP contribution in [0.3, 0.4) is 0 Å². The number of carbonyl (C=O) groups is 2. The van der Waals surface area contributed by atoms with Crippen molar-refractivity contribution in [3.8, 4) is 11.1 Å². The van der Waals surface area contributed by atoms with Crippen LogP contribution in [-0.4, -0.2) is 47.4 Å². The van der Waals surface area contributed by atoms with Crippen molar-refractivity contribution in [3.63, 3.8) is 0 Å². The van der Waals surface area contributed by atoms with Crippen LogP contribution in [0.25, 0.3) is 11.1 Å². The number of rotatable bonds is 4. The Labute approximate surface area is 182 Å². The van der Waals surface area contributed by atoms with Crippen LogP contribution in [0.2, 0.25) is 0 Å². The molecule has 0 spiro atoms. The van der Waals surface area contributed by atoms with Crippen LogP contribution in [0, 0.1) is 12.8 Å². The van der Waals surface area contributed by atoms with E-state index in [0.29, 0.717) is 53.6 Å². The molecule has 8 nitrogen and oxygen atoms in total. The van der Waals surface area contributed by atoms with E-state index in [9.17, 15) is 18.0 Å². The maximum Gasteiger partial charge on any atom is 0.249 e. The highest BCUT2D eigenvalue weighted by Crippen LogP contribution is 2.36. The average Bonchev–Trinajstić information content (AvgIpc) is 3.04. The number of piperidine rings is 1. The quantitative estimate of drug-likeness (QED) is 0.780. The SMILES string of the molecule is CCc1nn2c(c1-c1ccc(C)c(S(=O)(=O)N3CCC(C)CC3)c1)NC(=O)CCC2=O. The molecule has 0 saturated carbocycles. The minimum atomic E-state index is -3.65. The lowest BCUT2D eigenvalue weighted by molar-refractivity contribution is -0.116. The van der Waals surface area contributed by atoms with E-state index in [-0.39, 0.29) is 29.6 Å². The summed E-state index contributed by atoms with van der Waals surface area (Å²) < 4.78 is 29.6. The van der Waals surface area contributed by atoms with Crippen molar-refractivity contribution >= 4 is 27.7 Å². The summed E-state index contributed by atoms with van der Waals surface area (Å²) in [6.07, 6.45) is 2.43. The molecule has 1 aromatic carbocycles. The number of nitrogens with one attached hydrogen (secondary N) is 1. The number of hydrogen-bond acceptors (Lipinski definition) is 5. The fourth-order valence-corrected chi connectivity index (χ4v) is 5.95. The first-order valence-corrected chi connectivity index (χ1v) is 12.2. The van der Waals surface area contributed by atoms with E-state index in [4.69, 9.17) is 0 Å². The average molecular weight is 445 g/mol. The Kier molecular flexibility index (Phi) is 5.74. The summed E-state index contributed by atoms with van der Waals surface area (Å²) in [6.45, 7) is 6.87.